The molecule has 1 aliphatic rings. The summed E-state index contributed by atoms with van der Waals surface area (Å²) in [4.78, 5) is 37.3. The van der Waals surface area contributed by atoms with Gasteiger partial charge in [-0.1, -0.05) is 0 Å². The summed E-state index contributed by atoms with van der Waals surface area (Å²) in [6.07, 6.45) is 0. The average Bonchev–Trinajstić information content (AvgIpc) is 2.55. The third-order valence-electron chi connectivity index (χ3n) is 3.41. The molecule has 8 heteroatoms. The van der Waals surface area contributed by atoms with Crippen LogP contribution >= 0.6 is 0 Å². The van der Waals surface area contributed by atoms with E-state index in [1.54, 1.807) is 4.90 Å². The van der Waals surface area contributed by atoms with Gasteiger partial charge in [-0.25, -0.2) is 0 Å². The fourth-order valence-corrected chi connectivity index (χ4v) is 2.13. The van der Waals surface area contributed by atoms with Crippen LogP contribution in [0.4, 0.5) is 5.69 Å². The Morgan fingerprint density at radius 2 is 1.86 bits per heavy atom. The molecule has 2 rings (SSSR count). The third-order valence-corrected chi connectivity index (χ3v) is 3.41. The van der Waals surface area contributed by atoms with Gasteiger partial charge in [0, 0.05) is 37.8 Å². The van der Waals surface area contributed by atoms with E-state index in [9.17, 15) is 19.7 Å². The van der Waals surface area contributed by atoms with Gasteiger partial charge < -0.3 is 14.5 Å². The van der Waals surface area contributed by atoms with Crippen molar-refractivity contribution in [1.82, 2.24) is 9.80 Å². The summed E-state index contributed by atoms with van der Waals surface area (Å²) in [5.74, 6) is -0.488. The van der Waals surface area contributed by atoms with E-state index in [-0.39, 0.29) is 24.0 Å². The number of nitrogens with zero attached hydrogens (tertiary/aromatic N) is 3. The molecule has 1 heterocycles. The van der Waals surface area contributed by atoms with Gasteiger partial charge in [-0.05, 0) is 12.1 Å². The molecule has 0 aromatic heterocycles. The highest BCUT2D eigenvalue weighted by molar-refractivity contribution is 5.96. The molecular weight excluding hydrogens is 290 g/mol. The smallest absolute Gasteiger partial charge is 0.269 e. The molecule has 1 aliphatic heterocycles. The minimum Gasteiger partial charge on any atom is -0.378 e. The number of carbonyl (C=O) groups is 2. The van der Waals surface area contributed by atoms with E-state index in [1.165, 1.54) is 36.2 Å². The zero-order valence-electron chi connectivity index (χ0n) is 12.2. The van der Waals surface area contributed by atoms with Crippen LogP contribution in [-0.4, -0.2) is 66.4 Å². The number of non-ortho nitro benzene ring substituents is 1. The first-order valence-corrected chi connectivity index (χ1v) is 6.84. The van der Waals surface area contributed by atoms with Gasteiger partial charge in [0.1, 0.15) is 0 Å². The lowest BCUT2D eigenvalue weighted by molar-refractivity contribution is -0.384. The predicted molar refractivity (Wildman–Crippen MR) is 77.5 cm³/mol. The highest BCUT2D eigenvalue weighted by Crippen LogP contribution is 2.13. The van der Waals surface area contributed by atoms with Crippen LogP contribution in [0.2, 0.25) is 0 Å². The number of carbonyl (C=O) groups excluding carboxylic acids is 2. The van der Waals surface area contributed by atoms with Crippen LogP contribution in [0, 0.1) is 10.1 Å². The van der Waals surface area contributed by atoms with Crippen molar-refractivity contribution in [3.8, 4) is 0 Å². The number of benzene rings is 1. The lowest BCUT2D eigenvalue weighted by Crippen LogP contribution is -2.46. The summed E-state index contributed by atoms with van der Waals surface area (Å²) in [6, 6.07) is 5.31. The van der Waals surface area contributed by atoms with Gasteiger partial charge in [-0.2, -0.15) is 0 Å². The molecule has 0 atom stereocenters. The Morgan fingerprint density at radius 1 is 1.27 bits per heavy atom. The quantitative estimate of drug-likeness (QED) is 0.597. The largest absolute Gasteiger partial charge is 0.378 e. The van der Waals surface area contributed by atoms with Crippen LogP contribution in [0.1, 0.15) is 10.4 Å². The van der Waals surface area contributed by atoms with E-state index in [0.717, 1.165) is 0 Å². The predicted octanol–water partition coefficient (Wildman–Crippen LogP) is 0.526. The maximum Gasteiger partial charge on any atom is 0.269 e. The summed E-state index contributed by atoms with van der Waals surface area (Å²) < 4.78 is 5.17. The maximum absolute atomic E-state index is 12.2. The molecule has 0 saturated carbocycles. The van der Waals surface area contributed by atoms with Crippen LogP contribution in [0.3, 0.4) is 0 Å². The number of nitro benzene ring substituents is 1. The zero-order valence-corrected chi connectivity index (χ0v) is 12.2. The van der Waals surface area contributed by atoms with Crippen LogP contribution in [-0.2, 0) is 9.53 Å². The van der Waals surface area contributed by atoms with Crippen molar-refractivity contribution in [2.24, 2.45) is 0 Å². The first-order valence-electron chi connectivity index (χ1n) is 6.84. The Bertz CT molecular complexity index is 566. The van der Waals surface area contributed by atoms with E-state index < -0.39 is 4.92 Å². The molecule has 1 saturated heterocycles. The number of nitro groups is 1. The number of hydrogen-bond acceptors (Lipinski definition) is 5. The molecule has 118 valence electrons. The van der Waals surface area contributed by atoms with E-state index in [4.69, 9.17) is 4.74 Å². The summed E-state index contributed by atoms with van der Waals surface area (Å²) in [7, 11) is 1.53. The Hall–Kier alpha value is -2.48. The van der Waals surface area contributed by atoms with Crippen molar-refractivity contribution in [3.63, 3.8) is 0 Å². The maximum atomic E-state index is 12.2. The minimum atomic E-state index is -0.528. The van der Waals surface area contributed by atoms with E-state index >= 15 is 0 Å². The standard InChI is InChI=1S/C14H17N3O5/c1-15(10-13(18)16-6-8-22-9-7-16)14(19)11-2-4-12(5-3-11)17(20)21/h2-5H,6-10H2,1H3. The van der Waals surface area contributed by atoms with Crippen LogP contribution in [0.5, 0.6) is 0 Å². The number of amides is 2. The van der Waals surface area contributed by atoms with Crippen molar-refractivity contribution in [2.45, 2.75) is 0 Å². The van der Waals surface area contributed by atoms with E-state index in [1.807, 2.05) is 0 Å². The fourth-order valence-electron chi connectivity index (χ4n) is 2.13. The molecule has 0 N–H and O–H groups in total. The first kappa shape index (κ1) is 15.9. The van der Waals surface area contributed by atoms with Crippen molar-refractivity contribution in [1.29, 1.82) is 0 Å². The monoisotopic (exact) mass is 307 g/mol. The number of rotatable bonds is 4. The molecule has 2 amide bonds. The van der Waals surface area contributed by atoms with Gasteiger partial charge in [0.15, 0.2) is 0 Å². The molecule has 0 unspecified atom stereocenters. The lowest BCUT2D eigenvalue weighted by atomic mass is 10.2. The highest BCUT2D eigenvalue weighted by Gasteiger charge is 2.21. The fraction of sp³-hybridized carbons (Fsp3) is 0.429. The molecule has 0 bridgehead atoms. The van der Waals surface area contributed by atoms with Crippen molar-refractivity contribution >= 4 is 17.5 Å². The SMILES string of the molecule is CN(CC(=O)N1CCOCC1)C(=O)c1ccc([N+](=O)[O-])cc1. The van der Waals surface area contributed by atoms with Crippen molar-refractivity contribution in [2.75, 3.05) is 39.9 Å². The van der Waals surface area contributed by atoms with Gasteiger partial charge in [0.2, 0.25) is 5.91 Å². The van der Waals surface area contributed by atoms with Gasteiger partial charge >= 0.3 is 0 Å². The minimum absolute atomic E-state index is 0.0319. The normalized spacial score (nSPS) is 14.5. The second-order valence-electron chi connectivity index (χ2n) is 4.96. The molecule has 22 heavy (non-hydrogen) atoms. The molecule has 1 aromatic carbocycles. The molecule has 1 fully saturated rings. The van der Waals surface area contributed by atoms with Gasteiger partial charge in [0.25, 0.3) is 11.6 Å². The Kier molecular flexibility index (Phi) is 5.05. The third kappa shape index (κ3) is 3.79. The van der Waals surface area contributed by atoms with Crippen molar-refractivity contribution < 1.29 is 19.2 Å². The second-order valence-corrected chi connectivity index (χ2v) is 4.96. The van der Waals surface area contributed by atoms with Gasteiger partial charge in [0.05, 0.1) is 24.7 Å². The van der Waals surface area contributed by atoms with E-state index in [2.05, 4.69) is 0 Å². The Labute approximate surface area is 127 Å². The van der Waals surface area contributed by atoms with Gasteiger partial charge in [-0.15, -0.1) is 0 Å². The molecule has 1 aromatic rings. The van der Waals surface area contributed by atoms with Crippen LogP contribution < -0.4 is 0 Å². The number of ether oxygens (including phenoxy) is 1. The Morgan fingerprint density at radius 3 is 2.41 bits per heavy atom. The lowest BCUT2D eigenvalue weighted by Gasteiger charge is -2.28. The summed E-state index contributed by atoms with van der Waals surface area (Å²) in [5.41, 5.74) is 0.228. The van der Waals surface area contributed by atoms with Crippen LogP contribution in [0.15, 0.2) is 24.3 Å². The average molecular weight is 307 g/mol. The summed E-state index contributed by atoms with van der Waals surface area (Å²) in [5, 5.41) is 10.6. The van der Waals surface area contributed by atoms with Crippen molar-refractivity contribution in [3.05, 3.63) is 39.9 Å². The Balaban J connectivity index is 1.96. The molecule has 8 nitrogen and oxygen atoms in total. The summed E-state index contributed by atoms with van der Waals surface area (Å²) >= 11 is 0. The zero-order chi connectivity index (χ0) is 16.1. The summed E-state index contributed by atoms with van der Waals surface area (Å²) in [6.45, 7) is 2.03. The topological polar surface area (TPSA) is 93.0 Å². The second kappa shape index (κ2) is 6.99. The highest BCUT2D eigenvalue weighted by atomic mass is 16.6. The van der Waals surface area contributed by atoms with E-state index in [0.29, 0.717) is 31.9 Å². The van der Waals surface area contributed by atoms with Gasteiger partial charge in [-0.3, -0.25) is 19.7 Å². The number of hydrogen-bond donors (Lipinski definition) is 0. The first-order chi connectivity index (χ1) is 10.5. The molecule has 0 spiro atoms. The number of likely N-dealkylation sites (N-methyl/N-ethyl adjacent to an activating group) is 1. The van der Waals surface area contributed by atoms with Crippen LogP contribution in [0.25, 0.3) is 0 Å². The number of morpholine rings is 1. The molecular formula is C14H17N3O5. The molecule has 0 aliphatic carbocycles. The molecule has 0 radical (unpaired) electrons.